The van der Waals surface area contributed by atoms with Crippen LogP contribution in [0.15, 0.2) is 59.1 Å². The number of nitrogens with one attached hydrogen (secondary N) is 1. The second kappa shape index (κ2) is 9.33. The van der Waals surface area contributed by atoms with E-state index < -0.39 is 0 Å². The van der Waals surface area contributed by atoms with Crippen LogP contribution in [0.2, 0.25) is 0 Å². The van der Waals surface area contributed by atoms with Crippen molar-refractivity contribution in [3.05, 3.63) is 65.9 Å². The Bertz CT molecular complexity index is 858. The molecule has 0 saturated carbocycles. The summed E-state index contributed by atoms with van der Waals surface area (Å²) < 4.78 is 5.25. The fourth-order valence-electron chi connectivity index (χ4n) is 3.13. The van der Waals surface area contributed by atoms with Gasteiger partial charge in [-0.15, -0.1) is 0 Å². The molecule has 1 N–H and O–H groups in total. The lowest BCUT2D eigenvalue weighted by Gasteiger charge is -2.26. The largest absolute Gasteiger partial charge is 0.356 e. The van der Waals surface area contributed by atoms with Crippen LogP contribution < -0.4 is 5.32 Å². The summed E-state index contributed by atoms with van der Waals surface area (Å²) in [6, 6.07) is 18.6. The van der Waals surface area contributed by atoms with Crippen LogP contribution in [0.3, 0.4) is 0 Å². The van der Waals surface area contributed by atoms with Crippen LogP contribution in [0.5, 0.6) is 0 Å². The van der Waals surface area contributed by atoms with E-state index in [-0.39, 0.29) is 12.3 Å². The van der Waals surface area contributed by atoms with Crippen LogP contribution in [0.4, 0.5) is 0 Å². The van der Waals surface area contributed by atoms with Gasteiger partial charge in [0.2, 0.25) is 5.91 Å². The molecule has 0 saturated heterocycles. The van der Waals surface area contributed by atoms with Crippen molar-refractivity contribution in [2.45, 2.75) is 39.3 Å². The van der Waals surface area contributed by atoms with Gasteiger partial charge < -0.3 is 9.84 Å². The maximum atomic E-state index is 12.2. The van der Waals surface area contributed by atoms with E-state index in [1.54, 1.807) is 0 Å². The van der Waals surface area contributed by atoms with Crippen molar-refractivity contribution < 1.29 is 9.32 Å². The molecule has 0 atom stereocenters. The molecule has 1 amide bonds. The number of nitrogens with zero attached hydrogens (tertiary/aromatic N) is 2. The number of carbonyl (C=O) groups excluding carboxylic acids is 1. The molecule has 2 aromatic carbocycles. The third kappa shape index (κ3) is 5.41. The van der Waals surface area contributed by atoms with Crippen molar-refractivity contribution in [1.82, 2.24) is 15.4 Å². The Balaban J connectivity index is 1.43. The number of amides is 1. The highest BCUT2D eigenvalue weighted by Gasteiger charge is 2.13. The van der Waals surface area contributed by atoms with E-state index in [1.165, 1.54) is 5.56 Å². The summed E-state index contributed by atoms with van der Waals surface area (Å²) >= 11 is 0. The molecule has 142 valence electrons. The van der Waals surface area contributed by atoms with Gasteiger partial charge >= 0.3 is 0 Å². The van der Waals surface area contributed by atoms with E-state index in [4.69, 9.17) is 4.52 Å². The molecule has 5 nitrogen and oxygen atoms in total. The summed E-state index contributed by atoms with van der Waals surface area (Å²) in [5, 5.41) is 7.92. The Hall–Kier alpha value is -2.66. The molecule has 0 spiro atoms. The Morgan fingerprint density at radius 3 is 2.63 bits per heavy atom. The second-order valence-electron chi connectivity index (χ2n) is 7.06. The summed E-state index contributed by atoms with van der Waals surface area (Å²) in [6.07, 6.45) is 1.16. The number of carbonyl (C=O) groups is 1. The van der Waals surface area contributed by atoms with Gasteiger partial charge in [0.15, 0.2) is 5.58 Å². The quantitative estimate of drug-likeness (QED) is 0.586. The first-order valence-corrected chi connectivity index (χ1v) is 9.51. The normalized spacial score (nSPS) is 11.4. The zero-order valence-corrected chi connectivity index (χ0v) is 16.0. The van der Waals surface area contributed by atoms with Crippen molar-refractivity contribution in [3.63, 3.8) is 0 Å². The molecule has 27 heavy (non-hydrogen) atoms. The summed E-state index contributed by atoms with van der Waals surface area (Å²) in [5.41, 5.74) is 2.72. The van der Waals surface area contributed by atoms with Gasteiger partial charge in [-0.3, -0.25) is 9.69 Å². The van der Waals surface area contributed by atoms with Crippen LogP contribution in [-0.2, 0) is 17.8 Å². The average Bonchev–Trinajstić information content (AvgIpc) is 3.08. The predicted molar refractivity (Wildman–Crippen MR) is 107 cm³/mol. The Morgan fingerprint density at radius 1 is 1.11 bits per heavy atom. The fourth-order valence-corrected chi connectivity index (χ4v) is 3.13. The van der Waals surface area contributed by atoms with Crippen molar-refractivity contribution in [2.75, 3.05) is 13.1 Å². The van der Waals surface area contributed by atoms with E-state index in [9.17, 15) is 4.79 Å². The maximum Gasteiger partial charge on any atom is 0.226 e. The molecule has 0 aliphatic heterocycles. The minimum atomic E-state index is -0.0202. The van der Waals surface area contributed by atoms with Crippen molar-refractivity contribution in [3.8, 4) is 0 Å². The molecule has 0 radical (unpaired) electrons. The van der Waals surface area contributed by atoms with Crippen molar-refractivity contribution in [1.29, 1.82) is 0 Å². The number of fused-ring (bicyclic) bond motifs is 1. The van der Waals surface area contributed by atoms with E-state index >= 15 is 0 Å². The van der Waals surface area contributed by atoms with Gasteiger partial charge in [-0.25, -0.2) is 0 Å². The van der Waals surface area contributed by atoms with Crippen molar-refractivity contribution in [2.24, 2.45) is 0 Å². The lowest BCUT2D eigenvalue weighted by molar-refractivity contribution is -0.120. The van der Waals surface area contributed by atoms with Crippen LogP contribution in [0.25, 0.3) is 11.0 Å². The molecule has 3 aromatic rings. The Morgan fingerprint density at radius 2 is 1.85 bits per heavy atom. The molecule has 0 bridgehead atoms. The maximum absolute atomic E-state index is 12.2. The molecule has 0 aliphatic rings. The predicted octanol–water partition coefficient (Wildman–Crippen LogP) is 3.79. The minimum Gasteiger partial charge on any atom is -0.356 e. The number of aromatic nitrogens is 1. The first-order chi connectivity index (χ1) is 13.1. The van der Waals surface area contributed by atoms with Crippen LogP contribution in [0, 0.1) is 0 Å². The molecule has 5 heteroatoms. The molecule has 3 rings (SSSR count). The van der Waals surface area contributed by atoms with E-state index in [0.717, 1.165) is 24.9 Å². The molecule has 0 unspecified atom stereocenters. The highest BCUT2D eigenvalue weighted by atomic mass is 16.5. The van der Waals surface area contributed by atoms with Gasteiger partial charge in [-0.05, 0) is 38.0 Å². The number of rotatable bonds is 9. The smallest absolute Gasteiger partial charge is 0.226 e. The van der Waals surface area contributed by atoms with E-state index in [1.807, 2.05) is 30.3 Å². The summed E-state index contributed by atoms with van der Waals surface area (Å²) in [5.74, 6) is -0.0202. The van der Waals surface area contributed by atoms with Crippen LogP contribution in [-0.4, -0.2) is 35.1 Å². The summed E-state index contributed by atoms with van der Waals surface area (Å²) in [4.78, 5) is 14.6. The SMILES string of the molecule is CC(C)N(CCCNC(=O)Cc1noc2ccccc12)Cc1ccccc1. The zero-order valence-electron chi connectivity index (χ0n) is 16.0. The number of hydrogen-bond acceptors (Lipinski definition) is 4. The number of benzene rings is 2. The van der Waals surface area contributed by atoms with Gasteiger partial charge in [-0.1, -0.05) is 47.6 Å². The molecular formula is C22H27N3O2. The summed E-state index contributed by atoms with van der Waals surface area (Å²) in [7, 11) is 0. The Labute approximate surface area is 160 Å². The highest BCUT2D eigenvalue weighted by molar-refractivity contribution is 5.86. The molecule has 0 fully saturated rings. The van der Waals surface area contributed by atoms with E-state index in [0.29, 0.717) is 23.9 Å². The fraction of sp³-hybridized carbons (Fsp3) is 0.364. The van der Waals surface area contributed by atoms with Gasteiger partial charge in [-0.2, -0.15) is 0 Å². The molecule has 0 aliphatic carbocycles. The van der Waals surface area contributed by atoms with Gasteiger partial charge in [0, 0.05) is 31.1 Å². The molecule has 1 heterocycles. The highest BCUT2D eigenvalue weighted by Crippen LogP contribution is 2.18. The first kappa shape index (κ1) is 19.1. The first-order valence-electron chi connectivity index (χ1n) is 9.51. The van der Waals surface area contributed by atoms with Gasteiger partial charge in [0.1, 0.15) is 5.69 Å². The number of para-hydroxylation sites is 1. The van der Waals surface area contributed by atoms with Gasteiger partial charge in [0.05, 0.1) is 6.42 Å². The summed E-state index contributed by atoms with van der Waals surface area (Å²) in [6.45, 7) is 6.94. The third-order valence-corrected chi connectivity index (χ3v) is 4.68. The van der Waals surface area contributed by atoms with Crippen LogP contribution >= 0.6 is 0 Å². The average molecular weight is 365 g/mol. The Kier molecular flexibility index (Phi) is 6.60. The standard InChI is InChI=1S/C22H27N3O2/c1-17(2)25(16-18-9-4-3-5-10-18)14-8-13-23-22(26)15-20-19-11-6-7-12-21(19)27-24-20/h3-7,9-12,17H,8,13-16H2,1-2H3,(H,23,26). The third-order valence-electron chi connectivity index (χ3n) is 4.68. The molecule has 1 aromatic heterocycles. The lowest BCUT2D eigenvalue weighted by atomic mass is 10.1. The number of hydrogen-bond donors (Lipinski definition) is 1. The second-order valence-corrected chi connectivity index (χ2v) is 7.06. The molecular weight excluding hydrogens is 338 g/mol. The zero-order chi connectivity index (χ0) is 19.1. The topological polar surface area (TPSA) is 58.4 Å². The van der Waals surface area contributed by atoms with E-state index in [2.05, 4.69) is 53.5 Å². The minimum absolute atomic E-state index is 0.0202. The van der Waals surface area contributed by atoms with Crippen molar-refractivity contribution >= 4 is 16.9 Å². The van der Waals surface area contributed by atoms with Crippen LogP contribution in [0.1, 0.15) is 31.5 Å². The lowest BCUT2D eigenvalue weighted by Crippen LogP contribution is -2.34. The van der Waals surface area contributed by atoms with Gasteiger partial charge in [0.25, 0.3) is 0 Å². The monoisotopic (exact) mass is 365 g/mol.